The molecule has 0 spiro atoms. The number of amides is 2. The highest BCUT2D eigenvalue weighted by Crippen LogP contribution is 2.09. The first kappa shape index (κ1) is 20.6. The van der Waals surface area contributed by atoms with E-state index in [1.54, 1.807) is 24.3 Å². The highest BCUT2D eigenvalue weighted by molar-refractivity contribution is 5.92. The van der Waals surface area contributed by atoms with Crippen LogP contribution in [-0.2, 0) is 32.0 Å². The maximum absolute atomic E-state index is 11.8. The lowest BCUT2D eigenvalue weighted by molar-refractivity contribution is -0.147. The van der Waals surface area contributed by atoms with Crippen molar-refractivity contribution in [2.75, 3.05) is 18.5 Å². The Hall–Kier alpha value is -3.66. The minimum absolute atomic E-state index is 0.0172. The zero-order chi connectivity index (χ0) is 20.2. The predicted molar refractivity (Wildman–Crippen MR) is 103 cm³/mol. The fourth-order valence-corrected chi connectivity index (χ4v) is 2.36. The molecule has 0 aliphatic rings. The van der Waals surface area contributed by atoms with E-state index in [4.69, 9.17) is 10.00 Å². The predicted octanol–water partition coefficient (Wildman–Crippen LogP) is 1.98. The number of carbonyl (C=O) groups excluding carboxylic acids is 3. The topological polar surface area (TPSA) is 108 Å². The first-order chi connectivity index (χ1) is 13.6. The Morgan fingerprint density at radius 1 is 0.929 bits per heavy atom. The zero-order valence-corrected chi connectivity index (χ0v) is 15.3. The summed E-state index contributed by atoms with van der Waals surface area (Å²) in [7, 11) is 0. The Labute approximate surface area is 163 Å². The van der Waals surface area contributed by atoms with Gasteiger partial charge in [-0.05, 0) is 23.3 Å². The fourth-order valence-electron chi connectivity index (χ4n) is 2.36. The molecule has 0 atom stereocenters. The number of nitriles is 1. The third-order valence-electron chi connectivity index (χ3n) is 3.74. The average Bonchev–Trinajstić information content (AvgIpc) is 2.69. The molecule has 0 saturated heterocycles. The molecule has 0 bridgehead atoms. The quantitative estimate of drug-likeness (QED) is 0.648. The molecule has 2 aromatic carbocycles. The van der Waals surface area contributed by atoms with Gasteiger partial charge in [-0.3, -0.25) is 14.4 Å². The van der Waals surface area contributed by atoms with E-state index in [-0.39, 0.29) is 25.3 Å². The average molecular weight is 379 g/mol. The van der Waals surface area contributed by atoms with Gasteiger partial charge < -0.3 is 15.4 Å². The van der Waals surface area contributed by atoms with Gasteiger partial charge in [-0.1, -0.05) is 42.5 Å². The molecule has 0 heterocycles. The van der Waals surface area contributed by atoms with Crippen molar-refractivity contribution in [2.24, 2.45) is 0 Å². The van der Waals surface area contributed by atoms with Gasteiger partial charge in [0.15, 0.2) is 6.61 Å². The Kier molecular flexibility index (Phi) is 8.21. The summed E-state index contributed by atoms with van der Waals surface area (Å²) < 4.78 is 4.89. The molecular formula is C21H21N3O4. The summed E-state index contributed by atoms with van der Waals surface area (Å²) in [6, 6.07) is 18.1. The Balaban J connectivity index is 1.61. The van der Waals surface area contributed by atoms with E-state index < -0.39 is 18.5 Å². The second-order valence-electron chi connectivity index (χ2n) is 6.00. The van der Waals surface area contributed by atoms with Gasteiger partial charge in [-0.2, -0.15) is 5.26 Å². The Morgan fingerprint density at radius 2 is 1.64 bits per heavy atom. The van der Waals surface area contributed by atoms with Crippen LogP contribution in [0.15, 0.2) is 54.6 Å². The monoisotopic (exact) mass is 379 g/mol. The smallest absolute Gasteiger partial charge is 0.308 e. The summed E-state index contributed by atoms with van der Waals surface area (Å²) in [4.78, 5) is 35.3. The number of benzene rings is 2. The third kappa shape index (κ3) is 7.70. The summed E-state index contributed by atoms with van der Waals surface area (Å²) >= 11 is 0. The molecular weight excluding hydrogens is 358 g/mol. The third-order valence-corrected chi connectivity index (χ3v) is 3.74. The summed E-state index contributed by atoms with van der Waals surface area (Å²) in [5.74, 6) is -1.22. The maximum Gasteiger partial charge on any atom is 0.308 e. The minimum Gasteiger partial charge on any atom is -0.456 e. The number of hydrogen-bond donors (Lipinski definition) is 2. The van der Waals surface area contributed by atoms with E-state index in [9.17, 15) is 14.4 Å². The van der Waals surface area contributed by atoms with Crippen LogP contribution in [-0.4, -0.2) is 30.9 Å². The largest absolute Gasteiger partial charge is 0.456 e. The summed E-state index contributed by atoms with van der Waals surface area (Å²) in [5, 5.41) is 13.9. The molecule has 28 heavy (non-hydrogen) atoms. The first-order valence-electron chi connectivity index (χ1n) is 8.79. The summed E-state index contributed by atoms with van der Waals surface area (Å²) in [6.45, 7) is -0.261. The van der Waals surface area contributed by atoms with E-state index in [0.29, 0.717) is 12.1 Å². The van der Waals surface area contributed by atoms with Crippen molar-refractivity contribution >= 4 is 23.5 Å². The number of hydrogen-bond acceptors (Lipinski definition) is 5. The Morgan fingerprint density at radius 3 is 2.32 bits per heavy atom. The molecule has 144 valence electrons. The van der Waals surface area contributed by atoms with Crippen LogP contribution in [0.5, 0.6) is 0 Å². The van der Waals surface area contributed by atoms with Gasteiger partial charge >= 0.3 is 5.97 Å². The van der Waals surface area contributed by atoms with Gasteiger partial charge in [0.05, 0.1) is 25.3 Å². The molecule has 0 unspecified atom stereocenters. The molecule has 7 nitrogen and oxygen atoms in total. The van der Waals surface area contributed by atoms with Crippen LogP contribution < -0.4 is 10.6 Å². The number of esters is 1. The van der Waals surface area contributed by atoms with Crippen LogP contribution in [0.2, 0.25) is 0 Å². The lowest BCUT2D eigenvalue weighted by Gasteiger charge is -2.08. The molecule has 2 aromatic rings. The second kappa shape index (κ2) is 11.1. The molecule has 2 N–H and O–H groups in total. The number of nitrogens with one attached hydrogen (secondary N) is 2. The summed E-state index contributed by atoms with van der Waals surface area (Å²) in [5.41, 5.74) is 2.29. The molecule has 0 aliphatic heterocycles. The first-order valence-corrected chi connectivity index (χ1v) is 8.79. The van der Waals surface area contributed by atoms with Crippen molar-refractivity contribution < 1.29 is 19.1 Å². The van der Waals surface area contributed by atoms with Gasteiger partial charge in [0.1, 0.15) is 0 Å². The number of rotatable bonds is 9. The van der Waals surface area contributed by atoms with Crippen LogP contribution in [0.4, 0.5) is 5.69 Å². The normalized spacial score (nSPS) is 9.82. The zero-order valence-electron chi connectivity index (χ0n) is 15.3. The number of nitrogens with zero attached hydrogens (tertiary/aromatic N) is 1. The standard InChI is InChI=1S/C21H21N3O4/c22-12-10-16-6-8-18(9-7-16)24-20(26)15-28-21(27)11-13-23-19(25)14-17-4-2-1-3-5-17/h1-9H,10-11,13-15H2,(H,23,25)(H,24,26). The van der Waals surface area contributed by atoms with Gasteiger partial charge in [-0.25, -0.2) is 0 Å². The van der Waals surface area contributed by atoms with Crippen LogP contribution in [0.25, 0.3) is 0 Å². The minimum atomic E-state index is -0.570. The molecule has 0 radical (unpaired) electrons. The fraction of sp³-hybridized carbons (Fsp3) is 0.238. The Bertz CT molecular complexity index is 842. The van der Waals surface area contributed by atoms with Crippen molar-refractivity contribution in [3.63, 3.8) is 0 Å². The van der Waals surface area contributed by atoms with E-state index in [1.165, 1.54) is 0 Å². The highest BCUT2D eigenvalue weighted by atomic mass is 16.5. The molecule has 0 aliphatic carbocycles. The number of carbonyl (C=O) groups is 3. The van der Waals surface area contributed by atoms with Gasteiger partial charge in [0, 0.05) is 12.2 Å². The second-order valence-corrected chi connectivity index (χ2v) is 6.00. The molecule has 0 aromatic heterocycles. The molecule has 0 saturated carbocycles. The van der Waals surface area contributed by atoms with Crippen molar-refractivity contribution in [3.05, 3.63) is 65.7 Å². The number of anilines is 1. The maximum atomic E-state index is 11.8. The highest BCUT2D eigenvalue weighted by Gasteiger charge is 2.09. The lowest BCUT2D eigenvalue weighted by Crippen LogP contribution is -2.28. The van der Waals surface area contributed by atoms with Gasteiger partial charge in [0.2, 0.25) is 5.91 Å². The molecule has 7 heteroatoms. The van der Waals surface area contributed by atoms with Crippen LogP contribution in [0, 0.1) is 11.3 Å². The SMILES string of the molecule is N#CCc1ccc(NC(=O)COC(=O)CCNC(=O)Cc2ccccc2)cc1. The van der Waals surface area contributed by atoms with E-state index in [2.05, 4.69) is 10.6 Å². The van der Waals surface area contributed by atoms with E-state index in [1.807, 2.05) is 36.4 Å². The summed E-state index contributed by atoms with van der Waals surface area (Å²) in [6.07, 6.45) is 0.524. The lowest BCUT2D eigenvalue weighted by atomic mass is 10.1. The van der Waals surface area contributed by atoms with Crippen molar-refractivity contribution in [1.29, 1.82) is 5.26 Å². The van der Waals surface area contributed by atoms with Crippen LogP contribution >= 0.6 is 0 Å². The molecule has 2 rings (SSSR count). The molecule has 2 amide bonds. The van der Waals surface area contributed by atoms with Crippen LogP contribution in [0.1, 0.15) is 17.5 Å². The number of ether oxygens (including phenoxy) is 1. The van der Waals surface area contributed by atoms with Crippen molar-refractivity contribution in [1.82, 2.24) is 5.32 Å². The van der Waals surface area contributed by atoms with Gasteiger partial charge in [-0.15, -0.1) is 0 Å². The van der Waals surface area contributed by atoms with Crippen molar-refractivity contribution in [3.8, 4) is 6.07 Å². The van der Waals surface area contributed by atoms with E-state index >= 15 is 0 Å². The van der Waals surface area contributed by atoms with Gasteiger partial charge in [0.25, 0.3) is 5.91 Å². The van der Waals surface area contributed by atoms with Crippen molar-refractivity contribution in [2.45, 2.75) is 19.3 Å². The van der Waals surface area contributed by atoms with E-state index in [0.717, 1.165) is 11.1 Å². The van der Waals surface area contributed by atoms with Crippen LogP contribution in [0.3, 0.4) is 0 Å². The molecule has 0 fully saturated rings.